The van der Waals surface area contributed by atoms with Crippen LogP contribution in [0.15, 0.2) is 0 Å². The fourth-order valence-electron chi connectivity index (χ4n) is 2.06. The van der Waals surface area contributed by atoms with E-state index >= 15 is 0 Å². The summed E-state index contributed by atoms with van der Waals surface area (Å²) in [5.41, 5.74) is 0. The van der Waals surface area contributed by atoms with Gasteiger partial charge in [0.05, 0.1) is 5.92 Å². The van der Waals surface area contributed by atoms with Crippen LogP contribution in [0.2, 0.25) is 0 Å². The molecule has 0 aliphatic carbocycles. The summed E-state index contributed by atoms with van der Waals surface area (Å²) in [4.78, 5) is 13.9. The topological polar surface area (TPSA) is 52.6 Å². The molecule has 15 heavy (non-hydrogen) atoms. The first-order valence-corrected chi connectivity index (χ1v) is 5.81. The van der Waals surface area contributed by atoms with Gasteiger partial charge in [-0.3, -0.25) is 4.79 Å². The summed E-state index contributed by atoms with van der Waals surface area (Å²) in [5.74, 6) is 0.799. The zero-order valence-electron chi connectivity index (χ0n) is 9.70. The zero-order chi connectivity index (χ0) is 11.3. The molecule has 1 fully saturated rings. The quantitative estimate of drug-likeness (QED) is 0.681. The van der Waals surface area contributed by atoms with E-state index in [4.69, 9.17) is 5.11 Å². The lowest BCUT2D eigenvalue weighted by Crippen LogP contribution is -2.39. The molecule has 0 radical (unpaired) electrons. The third kappa shape index (κ3) is 3.18. The van der Waals surface area contributed by atoms with Gasteiger partial charge in [0.25, 0.3) is 0 Å². The van der Waals surface area contributed by atoms with Crippen molar-refractivity contribution in [2.45, 2.75) is 20.3 Å². The van der Waals surface area contributed by atoms with Crippen LogP contribution in [-0.2, 0) is 4.79 Å². The Morgan fingerprint density at radius 1 is 1.53 bits per heavy atom. The maximum Gasteiger partial charge on any atom is 0.227 e. The van der Waals surface area contributed by atoms with Gasteiger partial charge in [-0.15, -0.1) is 0 Å². The number of aliphatic hydroxyl groups is 1. The Labute approximate surface area is 91.6 Å². The maximum absolute atomic E-state index is 12.1. The summed E-state index contributed by atoms with van der Waals surface area (Å²) in [6.07, 6.45) is 0.675. The van der Waals surface area contributed by atoms with Crippen LogP contribution in [0.3, 0.4) is 0 Å². The predicted octanol–water partition coefficient (Wildman–Crippen LogP) is 0.0728. The first-order valence-electron chi connectivity index (χ1n) is 5.81. The molecule has 0 saturated carbocycles. The van der Waals surface area contributed by atoms with Gasteiger partial charge in [0, 0.05) is 26.2 Å². The van der Waals surface area contributed by atoms with E-state index in [9.17, 15) is 4.79 Å². The van der Waals surface area contributed by atoms with Crippen molar-refractivity contribution in [1.29, 1.82) is 0 Å². The van der Waals surface area contributed by atoms with E-state index in [1.54, 1.807) is 0 Å². The second-order valence-electron chi connectivity index (χ2n) is 4.24. The fraction of sp³-hybridized carbons (Fsp3) is 0.909. The Bertz CT molecular complexity index is 209. The number of rotatable bonds is 5. The zero-order valence-corrected chi connectivity index (χ0v) is 9.70. The smallest absolute Gasteiger partial charge is 0.227 e. The molecule has 4 nitrogen and oxygen atoms in total. The van der Waals surface area contributed by atoms with Crippen LogP contribution in [0.1, 0.15) is 20.3 Å². The molecule has 2 N–H and O–H groups in total. The van der Waals surface area contributed by atoms with E-state index in [-0.39, 0.29) is 18.4 Å². The minimum atomic E-state index is 0.128. The number of hydrogen-bond acceptors (Lipinski definition) is 3. The minimum absolute atomic E-state index is 0.128. The second-order valence-corrected chi connectivity index (χ2v) is 4.24. The molecular weight excluding hydrogens is 192 g/mol. The van der Waals surface area contributed by atoms with Crippen molar-refractivity contribution in [3.63, 3.8) is 0 Å². The molecule has 0 spiro atoms. The van der Waals surface area contributed by atoms with Crippen LogP contribution < -0.4 is 5.32 Å². The summed E-state index contributed by atoms with van der Waals surface area (Å²) < 4.78 is 0. The lowest BCUT2D eigenvalue weighted by Gasteiger charge is -2.25. The first kappa shape index (κ1) is 12.5. The lowest BCUT2D eigenvalue weighted by atomic mass is 9.96. The van der Waals surface area contributed by atoms with Crippen molar-refractivity contribution in [3.05, 3.63) is 0 Å². The van der Waals surface area contributed by atoms with Crippen molar-refractivity contribution in [1.82, 2.24) is 10.2 Å². The highest BCUT2D eigenvalue weighted by Gasteiger charge is 2.31. The van der Waals surface area contributed by atoms with Gasteiger partial charge in [0.1, 0.15) is 0 Å². The predicted molar refractivity (Wildman–Crippen MR) is 59.5 cm³/mol. The lowest BCUT2D eigenvalue weighted by molar-refractivity contribution is -0.135. The van der Waals surface area contributed by atoms with Crippen LogP contribution in [0.5, 0.6) is 0 Å². The third-order valence-electron chi connectivity index (χ3n) is 3.11. The number of carbonyl (C=O) groups excluding carboxylic acids is 1. The molecule has 1 saturated heterocycles. The van der Waals surface area contributed by atoms with Crippen LogP contribution in [0, 0.1) is 11.8 Å². The molecule has 1 heterocycles. The molecule has 2 atom stereocenters. The van der Waals surface area contributed by atoms with Gasteiger partial charge >= 0.3 is 0 Å². The molecule has 1 aliphatic heterocycles. The van der Waals surface area contributed by atoms with Crippen molar-refractivity contribution >= 4 is 5.91 Å². The fourth-order valence-corrected chi connectivity index (χ4v) is 2.06. The molecule has 0 aromatic heterocycles. The Kier molecular flexibility index (Phi) is 5.05. The normalized spacial score (nSPS) is 25.5. The summed E-state index contributed by atoms with van der Waals surface area (Å²) >= 11 is 0. The molecule has 0 bridgehead atoms. The van der Waals surface area contributed by atoms with Crippen molar-refractivity contribution < 1.29 is 9.90 Å². The van der Waals surface area contributed by atoms with E-state index in [0.29, 0.717) is 18.9 Å². The highest BCUT2D eigenvalue weighted by atomic mass is 16.3. The molecule has 0 aromatic rings. The van der Waals surface area contributed by atoms with Crippen LogP contribution >= 0.6 is 0 Å². The SMILES string of the molecule is CCN(CCCO)C(=O)[C@@H]1CNC[C@H]1C. The highest BCUT2D eigenvalue weighted by molar-refractivity contribution is 5.79. The van der Waals surface area contributed by atoms with Gasteiger partial charge in [0.15, 0.2) is 0 Å². The molecular formula is C11H22N2O2. The van der Waals surface area contributed by atoms with Crippen LogP contribution in [0.25, 0.3) is 0 Å². The Morgan fingerprint density at radius 3 is 2.73 bits per heavy atom. The summed E-state index contributed by atoms with van der Waals surface area (Å²) in [6.45, 7) is 7.41. The van der Waals surface area contributed by atoms with E-state index in [2.05, 4.69) is 12.2 Å². The summed E-state index contributed by atoms with van der Waals surface area (Å²) in [7, 11) is 0. The van der Waals surface area contributed by atoms with Gasteiger partial charge < -0.3 is 15.3 Å². The van der Waals surface area contributed by atoms with Gasteiger partial charge in [-0.25, -0.2) is 0 Å². The van der Waals surface area contributed by atoms with Crippen molar-refractivity contribution in [2.75, 3.05) is 32.8 Å². The van der Waals surface area contributed by atoms with Crippen molar-refractivity contribution in [3.8, 4) is 0 Å². The van der Waals surface area contributed by atoms with E-state index in [1.165, 1.54) is 0 Å². The summed E-state index contributed by atoms with van der Waals surface area (Å²) in [5, 5.41) is 12.0. The number of amides is 1. The van der Waals surface area contributed by atoms with Gasteiger partial charge in [0.2, 0.25) is 5.91 Å². The monoisotopic (exact) mass is 214 g/mol. The van der Waals surface area contributed by atoms with E-state index < -0.39 is 0 Å². The maximum atomic E-state index is 12.1. The molecule has 88 valence electrons. The second kappa shape index (κ2) is 6.08. The largest absolute Gasteiger partial charge is 0.396 e. The molecule has 1 aliphatic rings. The van der Waals surface area contributed by atoms with Gasteiger partial charge in [-0.2, -0.15) is 0 Å². The molecule has 0 unspecified atom stereocenters. The van der Waals surface area contributed by atoms with Crippen LogP contribution in [-0.4, -0.2) is 48.7 Å². The summed E-state index contributed by atoms with van der Waals surface area (Å²) in [6, 6.07) is 0. The average Bonchev–Trinajstić information content (AvgIpc) is 2.65. The van der Waals surface area contributed by atoms with E-state index in [0.717, 1.165) is 19.6 Å². The van der Waals surface area contributed by atoms with Gasteiger partial charge in [-0.1, -0.05) is 6.92 Å². The minimum Gasteiger partial charge on any atom is -0.396 e. The standard InChI is InChI=1S/C11H22N2O2/c1-3-13(5-4-6-14)11(15)10-8-12-7-9(10)2/h9-10,12,14H,3-8H2,1-2H3/t9-,10-/m1/s1. The average molecular weight is 214 g/mol. The number of carbonyl (C=O) groups is 1. The Hall–Kier alpha value is -0.610. The third-order valence-corrected chi connectivity index (χ3v) is 3.11. The molecule has 4 heteroatoms. The Morgan fingerprint density at radius 2 is 2.27 bits per heavy atom. The molecule has 0 aromatic carbocycles. The molecule has 1 amide bonds. The highest BCUT2D eigenvalue weighted by Crippen LogP contribution is 2.18. The number of hydrogen-bond donors (Lipinski definition) is 2. The molecule has 1 rings (SSSR count). The van der Waals surface area contributed by atoms with Crippen LogP contribution in [0.4, 0.5) is 0 Å². The number of nitrogens with zero attached hydrogens (tertiary/aromatic N) is 1. The Balaban J connectivity index is 2.48. The first-order chi connectivity index (χ1) is 7.20. The van der Waals surface area contributed by atoms with E-state index in [1.807, 2.05) is 11.8 Å². The van der Waals surface area contributed by atoms with Gasteiger partial charge in [-0.05, 0) is 25.8 Å². The number of nitrogens with one attached hydrogen (secondary N) is 1. The number of aliphatic hydroxyl groups excluding tert-OH is 1. The van der Waals surface area contributed by atoms with Crippen molar-refractivity contribution in [2.24, 2.45) is 11.8 Å².